The normalized spacial score (nSPS) is 11.0. The van der Waals surface area contributed by atoms with Crippen LogP contribution in [0.1, 0.15) is 0 Å². The van der Waals surface area contributed by atoms with Crippen LogP contribution in [0.4, 0.5) is 11.6 Å². The third-order valence-electron chi connectivity index (χ3n) is 4.29. The summed E-state index contributed by atoms with van der Waals surface area (Å²) in [6.07, 6.45) is 3.40. The Balaban J connectivity index is 2.03. The molecule has 0 saturated heterocycles. The molecule has 3 aromatic heterocycles. The van der Waals surface area contributed by atoms with E-state index in [0.717, 1.165) is 27.2 Å². The largest absolute Gasteiger partial charge is 0.493 e. The summed E-state index contributed by atoms with van der Waals surface area (Å²) in [6, 6.07) is 9.30. The fourth-order valence-corrected chi connectivity index (χ4v) is 2.96. The molecule has 0 aliphatic heterocycles. The van der Waals surface area contributed by atoms with Crippen molar-refractivity contribution in [2.75, 3.05) is 25.7 Å². The van der Waals surface area contributed by atoms with Gasteiger partial charge in [0.25, 0.3) is 0 Å². The summed E-state index contributed by atoms with van der Waals surface area (Å²) in [5.74, 6) is 2.10. The molecule has 0 radical (unpaired) electrons. The highest BCUT2D eigenvalue weighted by Crippen LogP contribution is 2.36. The van der Waals surface area contributed by atoms with Crippen LogP contribution < -0.4 is 20.9 Å². The van der Waals surface area contributed by atoms with Crippen LogP contribution in [0, 0.1) is 0 Å². The first-order valence-electron chi connectivity index (χ1n) is 7.93. The van der Waals surface area contributed by atoms with Gasteiger partial charge in [-0.1, -0.05) is 0 Å². The van der Waals surface area contributed by atoms with Crippen LogP contribution in [0.25, 0.3) is 32.9 Å². The minimum atomic E-state index is 0.401. The zero-order valence-corrected chi connectivity index (χ0v) is 14.4. The molecular weight excluding hydrogens is 330 g/mol. The topological polar surface area (TPSA) is 109 Å². The van der Waals surface area contributed by atoms with Crippen LogP contribution in [0.3, 0.4) is 0 Å². The highest BCUT2D eigenvalue weighted by molar-refractivity contribution is 6.10. The summed E-state index contributed by atoms with van der Waals surface area (Å²) < 4.78 is 10.8. The third kappa shape index (κ3) is 2.50. The van der Waals surface area contributed by atoms with Crippen LogP contribution >= 0.6 is 0 Å². The fraction of sp³-hybridized carbons (Fsp3) is 0.105. The van der Waals surface area contributed by atoms with E-state index >= 15 is 0 Å². The number of fused-ring (bicyclic) bond motifs is 3. The lowest BCUT2D eigenvalue weighted by atomic mass is 10.0. The molecule has 0 unspecified atom stereocenters. The Morgan fingerprint density at radius 1 is 0.808 bits per heavy atom. The number of benzene rings is 1. The van der Waals surface area contributed by atoms with Crippen LogP contribution in [-0.4, -0.2) is 29.2 Å². The number of methoxy groups -OCH3 is 2. The molecule has 4 N–H and O–H groups in total. The number of ether oxygens (including phenoxy) is 2. The Morgan fingerprint density at radius 2 is 1.58 bits per heavy atom. The van der Waals surface area contributed by atoms with Gasteiger partial charge < -0.3 is 20.9 Å². The Morgan fingerprint density at radius 3 is 2.27 bits per heavy atom. The zero-order valence-electron chi connectivity index (χ0n) is 14.4. The molecule has 26 heavy (non-hydrogen) atoms. The second-order valence-corrected chi connectivity index (χ2v) is 5.81. The van der Waals surface area contributed by atoms with Gasteiger partial charge in [-0.25, -0.2) is 9.97 Å². The van der Waals surface area contributed by atoms with Gasteiger partial charge in [0.1, 0.15) is 11.6 Å². The number of anilines is 2. The van der Waals surface area contributed by atoms with E-state index in [2.05, 4.69) is 15.0 Å². The third-order valence-corrected chi connectivity index (χ3v) is 4.29. The molecule has 0 saturated carbocycles. The summed E-state index contributed by atoms with van der Waals surface area (Å²) in [4.78, 5) is 13.1. The predicted molar refractivity (Wildman–Crippen MR) is 102 cm³/mol. The van der Waals surface area contributed by atoms with Crippen molar-refractivity contribution in [2.45, 2.75) is 0 Å². The van der Waals surface area contributed by atoms with E-state index in [1.165, 1.54) is 0 Å². The maximum absolute atomic E-state index is 6.19. The summed E-state index contributed by atoms with van der Waals surface area (Å²) in [6.45, 7) is 0. The molecule has 0 aliphatic rings. The molecule has 3 heterocycles. The quantitative estimate of drug-likeness (QED) is 0.548. The number of aromatic nitrogens is 3. The number of nitrogens with two attached hydrogens (primary N) is 2. The molecule has 0 amide bonds. The minimum absolute atomic E-state index is 0.401. The Labute approximate surface area is 149 Å². The first-order valence-corrected chi connectivity index (χ1v) is 7.93. The van der Waals surface area contributed by atoms with Crippen molar-refractivity contribution in [3.8, 4) is 22.8 Å². The van der Waals surface area contributed by atoms with Gasteiger partial charge in [0.2, 0.25) is 0 Å². The molecule has 4 rings (SSSR count). The van der Waals surface area contributed by atoms with Crippen molar-refractivity contribution in [3.63, 3.8) is 0 Å². The number of hydrogen-bond acceptors (Lipinski definition) is 7. The van der Waals surface area contributed by atoms with Crippen LogP contribution in [-0.2, 0) is 0 Å². The van der Waals surface area contributed by atoms with Crippen LogP contribution in [0.2, 0.25) is 0 Å². The lowest BCUT2D eigenvalue weighted by molar-refractivity contribution is 0.356. The Kier molecular flexibility index (Phi) is 3.69. The van der Waals surface area contributed by atoms with E-state index < -0.39 is 0 Å². The maximum atomic E-state index is 6.19. The average Bonchev–Trinajstić information content (AvgIpc) is 2.67. The van der Waals surface area contributed by atoms with Gasteiger partial charge >= 0.3 is 0 Å². The number of hydrogen-bond donors (Lipinski definition) is 2. The van der Waals surface area contributed by atoms with Crippen molar-refractivity contribution >= 4 is 33.3 Å². The average molecular weight is 347 g/mol. The number of pyridine rings is 3. The SMILES string of the molecule is COc1cc2ncc3c(N)nc(-c4ccc(N)nc4)cc3c2cc1OC. The van der Waals surface area contributed by atoms with Gasteiger partial charge in [-0.3, -0.25) is 4.98 Å². The van der Waals surface area contributed by atoms with Crippen molar-refractivity contribution in [2.24, 2.45) is 0 Å². The second-order valence-electron chi connectivity index (χ2n) is 5.81. The van der Waals surface area contributed by atoms with Crippen LogP contribution in [0.5, 0.6) is 11.5 Å². The highest BCUT2D eigenvalue weighted by Gasteiger charge is 2.13. The van der Waals surface area contributed by atoms with Crippen molar-refractivity contribution in [1.29, 1.82) is 0 Å². The predicted octanol–water partition coefficient (Wildman–Crippen LogP) is 3.03. The van der Waals surface area contributed by atoms with E-state index in [1.807, 2.05) is 24.3 Å². The van der Waals surface area contributed by atoms with E-state index in [0.29, 0.717) is 28.8 Å². The molecule has 1 aromatic carbocycles. The van der Waals surface area contributed by atoms with E-state index in [-0.39, 0.29) is 0 Å². The van der Waals surface area contributed by atoms with Crippen LogP contribution in [0.15, 0.2) is 42.7 Å². The first kappa shape index (κ1) is 15.9. The fourth-order valence-electron chi connectivity index (χ4n) is 2.96. The van der Waals surface area contributed by atoms with E-state index in [1.54, 1.807) is 32.7 Å². The summed E-state index contributed by atoms with van der Waals surface area (Å²) in [5, 5.41) is 2.60. The van der Waals surface area contributed by atoms with Crippen molar-refractivity contribution in [3.05, 3.63) is 42.7 Å². The minimum Gasteiger partial charge on any atom is -0.493 e. The standard InChI is InChI=1S/C19H17N5O2/c1-25-16-6-12-11-5-14(10-3-4-18(20)23-8-10)24-19(21)13(11)9-22-15(12)7-17(16)26-2/h3-9H,1-2H3,(H2,20,23)(H2,21,24). The van der Waals surface area contributed by atoms with Gasteiger partial charge in [0, 0.05) is 34.8 Å². The van der Waals surface area contributed by atoms with Gasteiger partial charge in [0.15, 0.2) is 11.5 Å². The first-order chi connectivity index (χ1) is 12.6. The molecule has 0 bridgehead atoms. The van der Waals surface area contributed by atoms with E-state index in [4.69, 9.17) is 20.9 Å². The molecule has 4 aromatic rings. The molecule has 0 fully saturated rings. The van der Waals surface area contributed by atoms with Gasteiger partial charge in [-0.2, -0.15) is 0 Å². The molecule has 7 nitrogen and oxygen atoms in total. The Hall–Kier alpha value is -3.61. The van der Waals surface area contributed by atoms with Gasteiger partial charge in [-0.05, 0) is 29.7 Å². The van der Waals surface area contributed by atoms with E-state index in [9.17, 15) is 0 Å². The monoisotopic (exact) mass is 347 g/mol. The highest BCUT2D eigenvalue weighted by atomic mass is 16.5. The maximum Gasteiger partial charge on any atom is 0.162 e. The second kappa shape index (κ2) is 6.03. The summed E-state index contributed by atoms with van der Waals surface area (Å²) in [7, 11) is 3.20. The van der Waals surface area contributed by atoms with Crippen molar-refractivity contribution < 1.29 is 9.47 Å². The molecule has 0 spiro atoms. The molecule has 7 heteroatoms. The Bertz CT molecular complexity index is 1130. The summed E-state index contributed by atoms with van der Waals surface area (Å²) >= 11 is 0. The van der Waals surface area contributed by atoms with Crippen molar-refractivity contribution in [1.82, 2.24) is 15.0 Å². The number of nitrogens with zero attached hydrogens (tertiary/aromatic N) is 3. The number of rotatable bonds is 3. The summed E-state index contributed by atoms with van der Waals surface area (Å²) in [5.41, 5.74) is 14.2. The molecule has 0 atom stereocenters. The van der Waals surface area contributed by atoms with Gasteiger partial charge in [-0.15, -0.1) is 0 Å². The molecule has 130 valence electrons. The molecule has 0 aliphatic carbocycles. The lowest BCUT2D eigenvalue weighted by Crippen LogP contribution is -1.97. The molecular formula is C19H17N5O2. The smallest absolute Gasteiger partial charge is 0.162 e. The zero-order chi connectivity index (χ0) is 18.3. The lowest BCUT2D eigenvalue weighted by Gasteiger charge is -2.12. The number of nitrogen functional groups attached to an aromatic ring is 2. The van der Waals surface area contributed by atoms with Gasteiger partial charge in [0.05, 0.1) is 25.4 Å².